The summed E-state index contributed by atoms with van der Waals surface area (Å²) in [5, 5.41) is 15.1. The molecule has 0 aliphatic carbocycles. The summed E-state index contributed by atoms with van der Waals surface area (Å²) in [6.45, 7) is 8.69. The van der Waals surface area contributed by atoms with Gasteiger partial charge in [0, 0.05) is 44.0 Å². The van der Waals surface area contributed by atoms with E-state index in [0.717, 1.165) is 28.3 Å². The summed E-state index contributed by atoms with van der Waals surface area (Å²) < 4.78 is 31.6. The number of thiazole rings is 1. The van der Waals surface area contributed by atoms with Gasteiger partial charge in [-0.2, -0.15) is 9.57 Å². The van der Waals surface area contributed by atoms with Crippen molar-refractivity contribution < 1.29 is 18.0 Å². The van der Waals surface area contributed by atoms with E-state index in [-0.39, 0.29) is 20.9 Å². The Hall–Kier alpha value is -3.80. The van der Waals surface area contributed by atoms with Crippen LogP contribution in [0.4, 0.5) is 10.8 Å². The molecule has 3 aromatic rings. The predicted octanol–water partition coefficient (Wildman–Crippen LogP) is 2.55. The number of imidazole rings is 1. The molecule has 1 atom stereocenters. The van der Waals surface area contributed by atoms with E-state index < -0.39 is 34.1 Å². The SMILES string of the molecule is CC(=O)Nc1nc(C)c(S(=O)(=O)N(CC(=O)NC(C)(C)C)C2Cc3cc(C#N)ccc3N(Cc3cncn3C)C2)s1. The third kappa shape index (κ3) is 6.92. The highest BCUT2D eigenvalue weighted by molar-refractivity contribution is 7.91. The van der Waals surface area contributed by atoms with Gasteiger partial charge in [0.25, 0.3) is 10.0 Å². The summed E-state index contributed by atoms with van der Waals surface area (Å²) in [7, 11) is -2.36. The van der Waals surface area contributed by atoms with E-state index in [1.165, 1.54) is 11.2 Å². The lowest BCUT2D eigenvalue weighted by molar-refractivity contribution is -0.123. The molecule has 4 rings (SSSR count). The summed E-state index contributed by atoms with van der Waals surface area (Å²) in [4.78, 5) is 35.3. The van der Waals surface area contributed by atoms with Crippen LogP contribution in [-0.4, -0.2) is 63.7 Å². The largest absolute Gasteiger partial charge is 0.364 e. The molecule has 0 radical (unpaired) electrons. The molecule has 0 spiro atoms. The van der Waals surface area contributed by atoms with E-state index in [4.69, 9.17) is 0 Å². The predicted molar refractivity (Wildman–Crippen MR) is 156 cm³/mol. The molecule has 218 valence electrons. The second-order valence-corrected chi connectivity index (χ2v) is 14.2. The standard InChI is InChI=1S/C27H34N8O4S2/c1-17-25(40-26(30-17)31-18(2)36)41(38,39)35(15-24(37)32-27(3,4)5)21-10-20-9-19(11-28)7-8-23(20)34(13-21)14-22-12-29-16-33(22)6/h7-9,12,16,21H,10,13-15H2,1-6H3,(H,32,37)(H,30,31,36). The van der Waals surface area contributed by atoms with Crippen molar-refractivity contribution in [2.24, 2.45) is 7.05 Å². The zero-order valence-electron chi connectivity index (χ0n) is 23.9. The minimum absolute atomic E-state index is 0.0421. The van der Waals surface area contributed by atoms with Crippen molar-refractivity contribution in [1.82, 2.24) is 24.2 Å². The van der Waals surface area contributed by atoms with Gasteiger partial charge in [-0.3, -0.25) is 9.59 Å². The molecule has 1 aliphatic rings. The van der Waals surface area contributed by atoms with Gasteiger partial charge in [0.15, 0.2) is 9.34 Å². The highest BCUT2D eigenvalue weighted by atomic mass is 32.2. The first-order valence-corrected chi connectivity index (χ1v) is 15.2. The van der Waals surface area contributed by atoms with E-state index in [9.17, 15) is 23.3 Å². The van der Waals surface area contributed by atoms with Gasteiger partial charge in [-0.25, -0.2) is 18.4 Å². The van der Waals surface area contributed by atoms with Gasteiger partial charge >= 0.3 is 0 Å². The smallest absolute Gasteiger partial charge is 0.255 e. The zero-order valence-corrected chi connectivity index (χ0v) is 25.6. The number of nitrogens with zero attached hydrogens (tertiary/aromatic N) is 6. The van der Waals surface area contributed by atoms with Crippen molar-refractivity contribution in [2.45, 2.75) is 63.4 Å². The summed E-state index contributed by atoms with van der Waals surface area (Å²) in [6.07, 6.45) is 3.75. The molecule has 2 amide bonds. The van der Waals surface area contributed by atoms with Crippen LogP contribution in [0, 0.1) is 18.3 Å². The number of anilines is 2. The molecule has 2 N–H and O–H groups in total. The molecule has 2 aromatic heterocycles. The highest BCUT2D eigenvalue weighted by Gasteiger charge is 2.40. The fourth-order valence-electron chi connectivity index (χ4n) is 4.82. The van der Waals surface area contributed by atoms with Crippen LogP contribution in [0.25, 0.3) is 0 Å². The van der Waals surface area contributed by atoms with Gasteiger partial charge in [0.05, 0.1) is 42.4 Å². The maximum absolute atomic E-state index is 14.3. The molecular formula is C27H34N8O4S2. The Labute approximate surface area is 244 Å². The lowest BCUT2D eigenvalue weighted by atomic mass is 9.95. The number of hydrogen-bond acceptors (Lipinski definition) is 9. The topological polar surface area (TPSA) is 153 Å². The average Bonchev–Trinajstić information content (AvgIpc) is 3.45. The number of aryl methyl sites for hydroxylation is 2. The highest BCUT2D eigenvalue weighted by Crippen LogP contribution is 2.35. The van der Waals surface area contributed by atoms with E-state index >= 15 is 0 Å². The first-order chi connectivity index (χ1) is 19.2. The first kappa shape index (κ1) is 30.2. The number of benzene rings is 1. The number of fused-ring (bicyclic) bond motifs is 1. The number of nitrogens with one attached hydrogen (secondary N) is 2. The minimum atomic E-state index is -4.24. The number of amides is 2. The van der Waals surface area contributed by atoms with E-state index in [1.54, 1.807) is 31.6 Å². The van der Waals surface area contributed by atoms with Crippen LogP contribution in [-0.2, 0) is 39.6 Å². The summed E-state index contributed by atoms with van der Waals surface area (Å²) in [6, 6.07) is 6.90. The molecule has 1 aromatic carbocycles. The van der Waals surface area contributed by atoms with Crippen LogP contribution in [0.3, 0.4) is 0 Å². The number of rotatable bonds is 8. The molecule has 0 saturated carbocycles. The molecule has 0 bridgehead atoms. The molecule has 12 nitrogen and oxygen atoms in total. The van der Waals surface area contributed by atoms with Crippen LogP contribution in [0.15, 0.2) is 34.9 Å². The van der Waals surface area contributed by atoms with Gasteiger partial charge in [-0.05, 0) is 57.9 Å². The number of carbonyl (C=O) groups is 2. The number of nitriles is 1. The quantitative estimate of drug-likeness (QED) is 0.401. The van der Waals surface area contributed by atoms with Crippen LogP contribution >= 0.6 is 11.3 Å². The summed E-state index contributed by atoms with van der Waals surface area (Å²) in [5.41, 5.74) is 2.73. The van der Waals surface area contributed by atoms with Crippen LogP contribution in [0.5, 0.6) is 0 Å². The molecule has 0 saturated heterocycles. The van der Waals surface area contributed by atoms with Gasteiger partial charge in [0.2, 0.25) is 11.8 Å². The minimum Gasteiger partial charge on any atom is -0.364 e. The molecular weight excluding hydrogens is 564 g/mol. The second-order valence-electron chi connectivity index (χ2n) is 11.1. The number of aromatic nitrogens is 3. The zero-order chi connectivity index (χ0) is 30.1. The van der Waals surface area contributed by atoms with Crippen LogP contribution in [0.2, 0.25) is 0 Å². The molecule has 0 fully saturated rings. The van der Waals surface area contributed by atoms with Crippen molar-refractivity contribution in [2.75, 3.05) is 23.3 Å². The maximum atomic E-state index is 14.3. The Bertz CT molecular complexity index is 1610. The molecule has 14 heteroatoms. The van der Waals surface area contributed by atoms with Gasteiger partial charge in [-0.1, -0.05) is 11.3 Å². The van der Waals surface area contributed by atoms with Crippen molar-refractivity contribution in [3.05, 3.63) is 53.2 Å². The van der Waals surface area contributed by atoms with Gasteiger partial charge in [-0.15, -0.1) is 0 Å². The lowest BCUT2D eigenvalue weighted by Crippen LogP contribution is -2.55. The maximum Gasteiger partial charge on any atom is 0.255 e. The third-order valence-electron chi connectivity index (χ3n) is 6.51. The van der Waals surface area contributed by atoms with E-state index in [2.05, 4.69) is 26.7 Å². The van der Waals surface area contributed by atoms with Gasteiger partial charge in [0.1, 0.15) is 0 Å². The van der Waals surface area contributed by atoms with Crippen molar-refractivity contribution in [3.63, 3.8) is 0 Å². The number of hydrogen-bond donors (Lipinski definition) is 2. The summed E-state index contributed by atoms with van der Waals surface area (Å²) in [5.74, 6) is -0.813. The van der Waals surface area contributed by atoms with E-state index in [0.29, 0.717) is 25.1 Å². The molecule has 3 heterocycles. The lowest BCUT2D eigenvalue weighted by Gasteiger charge is -2.40. The fourth-order valence-corrected chi connectivity index (χ4v) is 7.96. The molecule has 1 aliphatic heterocycles. The van der Waals surface area contributed by atoms with Crippen LogP contribution < -0.4 is 15.5 Å². The molecule has 41 heavy (non-hydrogen) atoms. The Morgan fingerprint density at radius 2 is 2.02 bits per heavy atom. The second kappa shape index (κ2) is 11.6. The Morgan fingerprint density at radius 1 is 1.29 bits per heavy atom. The normalized spacial score (nSPS) is 15.4. The van der Waals surface area contributed by atoms with E-state index in [1.807, 2.05) is 43.4 Å². The Kier molecular flexibility index (Phi) is 8.53. The van der Waals surface area contributed by atoms with Gasteiger partial charge < -0.3 is 20.1 Å². The Morgan fingerprint density at radius 3 is 2.63 bits per heavy atom. The van der Waals surface area contributed by atoms with Crippen LogP contribution in [0.1, 0.15) is 50.2 Å². The monoisotopic (exact) mass is 598 g/mol. The first-order valence-electron chi connectivity index (χ1n) is 13.0. The van der Waals surface area contributed by atoms with Crippen molar-refractivity contribution in [1.29, 1.82) is 5.26 Å². The number of sulfonamides is 1. The molecule has 1 unspecified atom stereocenters. The van der Waals surface area contributed by atoms with Crippen molar-refractivity contribution >= 4 is 44.0 Å². The average molecular weight is 599 g/mol. The fraction of sp³-hybridized carbons (Fsp3) is 0.444. The summed E-state index contributed by atoms with van der Waals surface area (Å²) >= 11 is 0.853. The Balaban J connectivity index is 1.79. The van der Waals surface area contributed by atoms with Crippen molar-refractivity contribution in [3.8, 4) is 6.07 Å². The number of carbonyl (C=O) groups excluding carboxylic acids is 2. The third-order valence-corrected chi connectivity index (χ3v) is 10.1.